The van der Waals surface area contributed by atoms with Crippen molar-refractivity contribution in [3.05, 3.63) is 303 Å². The summed E-state index contributed by atoms with van der Waals surface area (Å²) in [6.07, 6.45) is 0. The van der Waals surface area contributed by atoms with Crippen molar-refractivity contribution in [3.63, 3.8) is 0 Å². The van der Waals surface area contributed by atoms with E-state index in [4.69, 9.17) is 4.74 Å². The number of benzene rings is 14. The number of hydrogen-bond donors (Lipinski definition) is 0. The number of aromatic nitrogens is 5. The molecule has 19 aromatic rings. The molecule has 7 heterocycles. The Hall–Kier alpha value is -12.1. The summed E-state index contributed by atoms with van der Waals surface area (Å²) >= 11 is 0. The van der Waals surface area contributed by atoms with Crippen molar-refractivity contribution in [3.8, 4) is 62.2 Å². The van der Waals surface area contributed by atoms with E-state index in [9.17, 15) is 0 Å². The van der Waals surface area contributed by atoms with Crippen LogP contribution in [0.25, 0.3) is 160 Å². The zero-order valence-electron chi connectivity index (χ0n) is 52.5. The number of nitrogens with zero attached hydrogens (tertiary/aromatic N) is 5. The molecule has 444 valence electrons. The zero-order valence-corrected chi connectivity index (χ0v) is 52.5. The Balaban J connectivity index is 0.854. The van der Waals surface area contributed by atoms with E-state index in [-0.39, 0.29) is 12.1 Å². The third kappa shape index (κ3) is 7.35. The summed E-state index contributed by atoms with van der Waals surface area (Å²) in [5, 5.41) is 12.2. The first-order chi connectivity index (χ1) is 46.8. The molecule has 0 spiro atoms. The van der Waals surface area contributed by atoms with Crippen LogP contribution in [0.2, 0.25) is 0 Å². The number of rotatable bonds is 6. The Labute approximate surface area is 547 Å². The van der Waals surface area contributed by atoms with Gasteiger partial charge in [-0.1, -0.05) is 197 Å². The summed E-state index contributed by atoms with van der Waals surface area (Å²) < 4.78 is 19.9. The molecule has 0 aliphatic carbocycles. The van der Waals surface area contributed by atoms with Gasteiger partial charge in [0.25, 0.3) is 6.71 Å². The second kappa shape index (κ2) is 19.3. The molecule has 0 radical (unpaired) electrons. The number of fused-ring (bicyclic) bond motifs is 19. The fraction of sp³-hybridized carbons (Fsp3) is 0.0455. The third-order valence-electron chi connectivity index (χ3n) is 21.1. The van der Waals surface area contributed by atoms with Crippen molar-refractivity contribution in [1.82, 2.24) is 22.8 Å². The smallest absolute Gasteiger partial charge is 0.256 e. The molecule has 21 rings (SSSR count). The van der Waals surface area contributed by atoms with Gasteiger partial charge in [0, 0.05) is 87.8 Å². The largest absolute Gasteiger partial charge is 0.458 e. The molecule has 0 N–H and O–H groups in total. The van der Waals surface area contributed by atoms with Gasteiger partial charge in [0.05, 0.1) is 49.7 Å². The van der Waals surface area contributed by atoms with E-state index < -0.39 is 0 Å². The Morgan fingerprint density at radius 1 is 0.274 bits per heavy atom. The quantitative estimate of drug-likeness (QED) is 0.153. The van der Waals surface area contributed by atoms with Gasteiger partial charge in [-0.25, -0.2) is 0 Å². The molecule has 0 unspecified atom stereocenters. The number of ether oxygens (including phenoxy) is 1. The minimum absolute atomic E-state index is 0.110. The molecule has 5 aromatic heterocycles. The molecule has 0 amide bonds. The number of para-hydroxylation sites is 6. The standard InChI is InChI=1S/C88H58BN5O/c1-88(2,3)55-37-44-84-72(47-55)89-73-52-59(93-79-36-20-14-30-67(79)69-49-57(39-42-81(69)93)91-76-33-17-11-27-64(76)65-28-12-18-34-77(65)91)51-71-70-50-58(40-43-82(70)94(87(71)73)83-45-54(46-85(95-84)86(83)89)61-24-8-7-23-60(61)53-21-5-4-6-22-53)92-78-35-19-13-29-66(78)68-48-56(38-41-80(68)92)90-74-31-15-9-25-62(74)63-26-10-16-32-75(63)90/h4-52H,1-3H3. The van der Waals surface area contributed by atoms with Crippen LogP contribution < -0.4 is 21.1 Å². The molecule has 0 atom stereocenters. The lowest BCUT2D eigenvalue weighted by atomic mass is 9.34. The van der Waals surface area contributed by atoms with Gasteiger partial charge in [0.2, 0.25) is 0 Å². The third-order valence-corrected chi connectivity index (χ3v) is 21.1. The van der Waals surface area contributed by atoms with Crippen molar-refractivity contribution >= 4 is 132 Å². The van der Waals surface area contributed by atoms with E-state index in [1.165, 1.54) is 115 Å². The summed E-state index contributed by atoms with van der Waals surface area (Å²) in [7, 11) is 0. The Bertz CT molecular complexity index is 6450. The van der Waals surface area contributed by atoms with E-state index in [2.05, 4.69) is 341 Å². The Kier molecular flexibility index (Phi) is 10.7. The predicted molar refractivity (Wildman–Crippen MR) is 399 cm³/mol. The topological polar surface area (TPSA) is 33.9 Å². The lowest BCUT2D eigenvalue weighted by molar-refractivity contribution is 0.486. The average molecular weight is 1210 g/mol. The summed E-state index contributed by atoms with van der Waals surface area (Å²) in [4.78, 5) is 0. The molecule has 2 aliphatic rings. The van der Waals surface area contributed by atoms with Gasteiger partial charge in [-0.2, -0.15) is 0 Å². The van der Waals surface area contributed by atoms with Crippen LogP contribution in [-0.2, 0) is 5.41 Å². The van der Waals surface area contributed by atoms with Gasteiger partial charge in [0.1, 0.15) is 11.5 Å². The minimum Gasteiger partial charge on any atom is -0.458 e. The molecule has 6 nitrogen and oxygen atoms in total. The number of hydrogen-bond acceptors (Lipinski definition) is 1. The van der Waals surface area contributed by atoms with Gasteiger partial charge >= 0.3 is 0 Å². The van der Waals surface area contributed by atoms with Gasteiger partial charge in [-0.3, -0.25) is 0 Å². The normalized spacial score (nSPS) is 12.9. The van der Waals surface area contributed by atoms with Gasteiger partial charge in [-0.05, 0) is 171 Å². The van der Waals surface area contributed by atoms with Gasteiger partial charge < -0.3 is 27.6 Å². The van der Waals surface area contributed by atoms with Crippen LogP contribution in [0.1, 0.15) is 26.3 Å². The summed E-state index contributed by atoms with van der Waals surface area (Å²) in [6, 6.07) is 111. The van der Waals surface area contributed by atoms with Crippen molar-refractivity contribution in [2.24, 2.45) is 0 Å². The first-order valence-corrected chi connectivity index (χ1v) is 33.1. The molecular weight excluding hydrogens is 1150 g/mol. The molecule has 95 heavy (non-hydrogen) atoms. The van der Waals surface area contributed by atoms with E-state index >= 15 is 0 Å². The highest BCUT2D eigenvalue weighted by Crippen LogP contribution is 2.46. The van der Waals surface area contributed by atoms with Crippen LogP contribution in [0.5, 0.6) is 11.5 Å². The first kappa shape index (κ1) is 52.6. The lowest BCUT2D eigenvalue weighted by Gasteiger charge is -2.35. The van der Waals surface area contributed by atoms with Crippen molar-refractivity contribution < 1.29 is 4.74 Å². The Morgan fingerprint density at radius 2 is 0.663 bits per heavy atom. The highest BCUT2D eigenvalue weighted by Gasteiger charge is 2.42. The van der Waals surface area contributed by atoms with Gasteiger partial charge in [-0.15, -0.1) is 0 Å². The van der Waals surface area contributed by atoms with E-state index in [0.29, 0.717) is 0 Å². The minimum atomic E-state index is -0.167. The van der Waals surface area contributed by atoms with Gasteiger partial charge in [0.15, 0.2) is 0 Å². The fourth-order valence-corrected chi connectivity index (χ4v) is 16.9. The van der Waals surface area contributed by atoms with Crippen LogP contribution in [0.15, 0.2) is 297 Å². The van der Waals surface area contributed by atoms with Crippen LogP contribution in [0.3, 0.4) is 0 Å². The van der Waals surface area contributed by atoms with Crippen molar-refractivity contribution in [1.29, 1.82) is 0 Å². The second-order valence-electron chi connectivity index (χ2n) is 27.2. The first-order valence-electron chi connectivity index (χ1n) is 33.1. The van der Waals surface area contributed by atoms with Crippen LogP contribution in [0, 0.1) is 0 Å². The average Bonchev–Trinajstić information content (AvgIpc) is 1.61. The highest BCUT2D eigenvalue weighted by molar-refractivity contribution is 6.99. The highest BCUT2D eigenvalue weighted by atomic mass is 16.5. The van der Waals surface area contributed by atoms with E-state index in [1.807, 2.05) is 0 Å². The molecule has 7 heteroatoms. The molecule has 0 saturated carbocycles. The summed E-state index contributed by atoms with van der Waals surface area (Å²) in [6.45, 7) is 6.79. The predicted octanol–water partition coefficient (Wildman–Crippen LogP) is 20.7. The SMILES string of the molecule is CC(C)(C)c1ccc2c(c1)B1c3c(cc(-c4ccccc4-c4ccccc4)cc3-n3c4ccc(-n5c6ccccc6c6cc(-n7c8ccccc8c8ccccc87)ccc65)cc4c4cc(-n5c6ccccc6c6cc(-n7c8ccccc8c8ccccc87)ccc65)cc1c43)O2. The molecule has 0 bridgehead atoms. The van der Waals surface area contributed by atoms with Crippen molar-refractivity contribution in [2.75, 3.05) is 0 Å². The lowest BCUT2D eigenvalue weighted by Crippen LogP contribution is -2.58. The summed E-state index contributed by atoms with van der Waals surface area (Å²) in [5.74, 6) is 1.77. The molecule has 14 aromatic carbocycles. The van der Waals surface area contributed by atoms with Crippen LogP contribution >= 0.6 is 0 Å². The maximum Gasteiger partial charge on any atom is 0.256 e. The molecule has 0 saturated heterocycles. The maximum atomic E-state index is 7.41. The summed E-state index contributed by atoms with van der Waals surface area (Å²) in [5.41, 5.74) is 26.8. The fourth-order valence-electron chi connectivity index (χ4n) is 16.9. The van der Waals surface area contributed by atoms with Crippen molar-refractivity contribution in [2.45, 2.75) is 26.2 Å². The molecule has 2 aliphatic heterocycles. The van der Waals surface area contributed by atoms with Crippen LogP contribution in [-0.4, -0.2) is 29.5 Å². The molecular formula is C88H58BN5O. The maximum absolute atomic E-state index is 7.41. The Morgan fingerprint density at radius 3 is 1.15 bits per heavy atom. The second-order valence-corrected chi connectivity index (χ2v) is 27.2. The van der Waals surface area contributed by atoms with E-state index in [0.717, 1.165) is 78.6 Å². The van der Waals surface area contributed by atoms with Crippen LogP contribution in [0.4, 0.5) is 0 Å². The monoisotopic (exact) mass is 1210 g/mol. The van der Waals surface area contributed by atoms with E-state index in [1.54, 1.807) is 0 Å². The molecule has 0 fully saturated rings. The zero-order chi connectivity index (χ0) is 62.5.